The molecule has 6 heteroatoms. The van der Waals surface area contributed by atoms with Gasteiger partial charge in [0, 0.05) is 6.42 Å². The van der Waals surface area contributed by atoms with Crippen LogP contribution in [0.3, 0.4) is 0 Å². The number of ether oxygens (including phenoxy) is 1. The standard InChI is InChI=1S/C17H31F3O2S/c1-4-5-8-11-15(16(21)22-14(2)3)23-13-10-7-6-9-12-17(18,19)20/h14-15H,4-13H2,1-3H3. The molecule has 0 spiro atoms. The summed E-state index contributed by atoms with van der Waals surface area (Å²) in [5.41, 5.74) is 0. The minimum absolute atomic E-state index is 0.112. The van der Waals surface area contributed by atoms with Gasteiger partial charge in [-0.15, -0.1) is 11.8 Å². The van der Waals surface area contributed by atoms with Crippen LogP contribution < -0.4 is 0 Å². The van der Waals surface area contributed by atoms with Gasteiger partial charge in [-0.2, -0.15) is 13.2 Å². The third-order valence-electron chi connectivity index (χ3n) is 3.36. The zero-order chi connectivity index (χ0) is 17.7. The van der Waals surface area contributed by atoms with Gasteiger partial charge in [0.1, 0.15) is 5.25 Å². The summed E-state index contributed by atoms with van der Waals surface area (Å²) < 4.78 is 41.4. The minimum Gasteiger partial charge on any atom is -0.462 e. The molecule has 0 saturated heterocycles. The Balaban J connectivity index is 3.92. The predicted octanol–water partition coefficient (Wildman–Crippen LogP) is 6.13. The number of hydrogen-bond acceptors (Lipinski definition) is 3. The number of esters is 1. The average Bonchev–Trinajstić information content (AvgIpc) is 2.42. The zero-order valence-electron chi connectivity index (χ0n) is 14.6. The minimum atomic E-state index is -4.04. The van der Waals surface area contributed by atoms with Crippen LogP contribution in [0.5, 0.6) is 0 Å². The third-order valence-corrected chi connectivity index (χ3v) is 4.71. The van der Waals surface area contributed by atoms with Crippen molar-refractivity contribution in [2.75, 3.05) is 5.75 Å². The fourth-order valence-electron chi connectivity index (χ4n) is 2.16. The molecule has 0 fully saturated rings. The van der Waals surface area contributed by atoms with Crippen molar-refractivity contribution in [3.05, 3.63) is 0 Å². The molecule has 0 aromatic carbocycles. The molecule has 0 saturated carbocycles. The van der Waals surface area contributed by atoms with Crippen LogP contribution in [0.4, 0.5) is 13.2 Å². The molecule has 0 N–H and O–H groups in total. The molecule has 0 rings (SSSR count). The maximum atomic E-state index is 12.1. The summed E-state index contributed by atoms with van der Waals surface area (Å²) in [7, 11) is 0. The maximum absolute atomic E-state index is 12.1. The van der Waals surface area contributed by atoms with Crippen molar-refractivity contribution in [3.63, 3.8) is 0 Å². The van der Waals surface area contributed by atoms with E-state index in [1.54, 1.807) is 11.8 Å². The lowest BCUT2D eigenvalue weighted by Crippen LogP contribution is -2.24. The van der Waals surface area contributed by atoms with Crippen LogP contribution in [0.25, 0.3) is 0 Å². The van der Waals surface area contributed by atoms with Crippen molar-refractivity contribution in [2.24, 2.45) is 0 Å². The first kappa shape index (κ1) is 22.6. The quantitative estimate of drug-likeness (QED) is 0.293. The van der Waals surface area contributed by atoms with Crippen LogP contribution in [0.1, 0.15) is 78.6 Å². The molecule has 0 bridgehead atoms. The lowest BCUT2D eigenvalue weighted by Gasteiger charge is -2.17. The van der Waals surface area contributed by atoms with Crippen molar-refractivity contribution < 1.29 is 22.7 Å². The van der Waals surface area contributed by atoms with Gasteiger partial charge in [-0.3, -0.25) is 4.79 Å². The number of carbonyl (C=O) groups excluding carboxylic acids is 1. The Hall–Kier alpha value is -0.390. The Bertz CT molecular complexity index is 307. The topological polar surface area (TPSA) is 26.3 Å². The van der Waals surface area contributed by atoms with Crippen LogP contribution in [-0.2, 0) is 9.53 Å². The fraction of sp³-hybridized carbons (Fsp3) is 0.941. The molecule has 2 nitrogen and oxygen atoms in total. The Kier molecular flexibility index (Phi) is 12.7. The first-order valence-electron chi connectivity index (χ1n) is 8.65. The van der Waals surface area contributed by atoms with E-state index in [4.69, 9.17) is 4.74 Å². The largest absolute Gasteiger partial charge is 0.462 e. The van der Waals surface area contributed by atoms with Gasteiger partial charge in [0.25, 0.3) is 0 Å². The highest BCUT2D eigenvalue weighted by atomic mass is 32.2. The molecule has 0 aromatic heterocycles. The van der Waals surface area contributed by atoms with Crippen LogP contribution in [0.2, 0.25) is 0 Å². The van der Waals surface area contributed by atoms with Gasteiger partial charge in [-0.05, 0) is 38.9 Å². The summed E-state index contributed by atoms with van der Waals surface area (Å²) in [5, 5.41) is -0.140. The number of carbonyl (C=O) groups is 1. The maximum Gasteiger partial charge on any atom is 0.389 e. The second-order valence-electron chi connectivity index (χ2n) is 6.12. The third kappa shape index (κ3) is 14.9. The van der Waals surface area contributed by atoms with E-state index in [9.17, 15) is 18.0 Å². The summed E-state index contributed by atoms with van der Waals surface area (Å²) in [6, 6.07) is 0. The van der Waals surface area contributed by atoms with Crippen LogP contribution in [0.15, 0.2) is 0 Å². The highest BCUT2D eigenvalue weighted by Gasteiger charge is 2.25. The molecular formula is C17H31F3O2S. The zero-order valence-corrected chi connectivity index (χ0v) is 15.4. The Morgan fingerprint density at radius 2 is 1.70 bits per heavy atom. The van der Waals surface area contributed by atoms with Gasteiger partial charge in [0.15, 0.2) is 0 Å². The second kappa shape index (κ2) is 13.0. The Morgan fingerprint density at radius 3 is 2.26 bits per heavy atom. The van der Waals surface area contributed by atoms with Gasteiger partial charge >= 0.3 is 12.1 Å². The number of unbranched alkanes of at least 4 members (excludes halogenated alkanes) is 5. The highest BCUT2D eigenvalue weighted by molar-refractivity contribution is 8.00. The van der Waals surface area contributed by atoms with E-state index in [0.29, 0.717) is 6.42 Å². The summed E-state index contributed by atoms with van der Waals surface area (Å²) in [6.07, 6.45) is 1.61. The molecule has 0 heterocycles. The first-order chi connectivity index (χ1) is 10.8. The van der Waals surface area contributed by atoms with Gasteiger partial charge in [-0.1, -0.05) is 39.0 Å². The molecule has 0 aliphatic carbocycles. The fourth-order valence-corrected chi connectivity index (χ4v) is 3.34. The first-order valence-corrected chi connectivity index (χ1v) is 9.70. The number of halogens is 3. The summed E-state index contributed by atoms with van der Waals surface area (Å²) in [4.78, 5) is 12.1. The molecule has 1 unspecified atom stereocenters. The van der Waals surface area contributed by atoms with E-state index in [1.807, 2.05) is 13.8 Å². The van der Waals surface area contributed by atoms with Crippen molar-refractivity contribution in [1.29, 1.82) is 0 Å². The van der Waals surface area contributed by atoms with E-state index in [-0.39, 0.29) is 23.7 Å². The van der Waals surface area contributed by atoms with E-state index in [1.165, 1.54) is 0 Å². The Morgan fingerprint density at radius 1 is 1.04 bits per heavy atom. The molecule has 0 radical (unpaired) electrons. The molecule has 0 aromatic rings. The van der Waals surface area contributed by atoms with Gasteiger partial charge in [0.2, 0.25) is 0 Å². The van der Waals surface area contributed by atoms with E-state index in [2.05, 4.69) is 6.92 Å². The van der Waals surface area contributed by atoms with Gasteiger partial charge in [0.05, 0.1) is 6.10 Å². The van der Waals surface area contributed by atoms with E-state index in [0.717, 1.165) is 44.3 Å². The molecule has 0 aliphatic heterocycles. The smallest absolute Gasteiger partial charge is 0.389 e. The summed E-state index contributed by atoms with van der Waals surface area (Å²) in [5.74, 6) is 0.647. The summed E-state index contributed by atoms with van der Waals surface area (Å²) >= 11 is 1.59. The molecule has 23 heavy (non-hydrogen) atoms. The molecular weight excluding hydrogens is 325 g/mol. The SMILES string of the molecule is CCCCCC(SCCCCCCC(F)(F)F)C(=O)OC(C)C. The molecule has 138 valence electrons. The highest BCUT2D eigenvalue weighted by Crippen LogP contribution is 2.24. The normalized spacial score (nSPS) is 13.3. The van der Waals surface area contributed by atoms with Gasteiger partial charge in [-0.25, -0.2) is 0 Å². The molecule has 0 aliphatic rings. The lowest BCUT2D eigenvalue weighted by atomic mass is 10.1. The average molecular weight is 356 g/mol. The van der Waals surface area contributed by atoms with Crippen LogP contribution >= 0.6 is 11.8 Å². The van der Waals surface area contributed by atoms with E-state index >= 15 is 0 Å². The van der Waals surface area contributed by atoms with Crippen LogP contribution in [-0.4, -0.2) is 29.3 Å². The number of rotatable bonds is 13. The van der Waals surface area contributed by atoms with Gasteiger partial charge < -0.3 is 4.74 Å². The number of hydrogen-bond donors (Lipinski definition) is 0. The van der Waals surface area contributed by atoms with Crippen molar-refractivity contribution in [1.82, 2.24) is 0 Å². The lowest BCUT2D eigenvalue weighted by molar-refractivity contribution is -0.146. The summed E-state index contributed by atoms with van der Waals surface area (Å²) in [6.45, 7) is 5.80. The van der Waals surface area contributed by atoms with Crippen molar-refractivity contribution >= 4 is 17.7 Å². The van der Waals surface area contributed by atoms with E-state index < -0.39 is 12.6 Å². The Labute approximate surface area is 142 Å². The van der Waals surface area contributed by atoms with Crippen molar-refractivity contribution in [2.45, 2.75) is 96.1 Å². The number of thioether (sulfide) groups is 1. The number of alkyl halides is 3. The van der Waals surface area contributed by atoms with Crippen LogP contribution in [0, 0.1) is 0 Å². The second-order valence-corrected chi connectivity index (χ2v) is 7.43. The monoisotopic (exact) mass is 356 g/mol. The predicted molar refractivity (Wildman–Crippen MR) is 90.8 cm³/mol. The van der Waals surface area contributed by atoms with Crippen molar-refractivity contribution in [3.8, 4) is 0 Å². The molecule has 1 atom stereocenters. The molecule has 0 amide bonds.